The number of aryl methyl sites for hydroxylation is 1. The fourth-order valence-corrected chi connectivity index (χ4v) is 4.87. The Kier molecular flexibility index (Phi) is 6.27. The van der Waals surface area contributed by atoms with Crippen LogP contribution in [0.2, 0.25) is 0 Å². The lowest BCUT2D eigenvalue weighted by atomic mass is 9.85. The molecule has 34 heavy (non-hydrogen) atoms. The van der Waals surface area contributed by atoms with Crippen LogP contribution in [0.25, 0.3) is 22.8 Å². The van der Waals surface area contributed by atoms with Gasteiger partial charge in [-0.25, -0.2) is 19.9 Å². The summed E-state index contributed by atoms with van der Waals surface area (Å²) in [6.07, 6.45) is 7.72. The first-order valence-corrected chi connectivity index (χ1v) is 11.8. The standard InChI is InChI=1S/C21H24N10O2S/c1-3-22-11-25-18-4-13(20-28-17(10-34-20)12-5-26-31(2)9-12)14(6-24-18)15-7-23-8-16(27-15)19-29-30-21(32)33-19/h5,7-10,13-14,22H,3-4,6,11H2,1-2H3,(H,24,25)(H,30,32). The third-order valence-corrected chi connectivity index (χ3v) is 6.55. The van der Waals surface area contributed by atoms with Crippen molar-refractivity contribution in [3.8, 4) is 22.8 Å². The van der Waals surface area contributed by atoms with Crippen LogP contribution in [0.1, 0.15) is 35.9 Å². The molecule has 176 valence electrons. The van der Waals surface area contributed by atoms with Gasteiger partial charge in [-0.3, -0.25) is 14.7 Å². The van der Waals surface area contributed by atoms with Crippen LogP contribution in [-0.2, 0) is 7.05 Å². The maximum atomic E-state index is 11.4. The summed E-state index contributed by atoms with van der Waals surface area (Å²) in [6, 6.07) is 0. The largest absolute Gasteiger partial charge is 0.434 e. The highest BCUT2D eigenvalue weighted by molar-refractivity contribution is 7.10. The van der Waals surface area contributed by atoms with Gasteiger partial charge in [-0.1, -0.05) is 6.92 Å². The highest BCUT2D eigenvalue weighted by atomic mass is 32.1. The quantitative estimate of drug-likeness (QED) is 0.264. The number of aromatic amines is 1. The second-order valence-corrected chi connectivity index (χ2v) is 8.77. The molecule has 0 amide bonds. The van der Waals surface area contributed by atoms with Crippen molar-refractivity contribution in [3.63, 3.8) is 0 Å². The van der Waals surface area contributed by atoms with Gasteiger partial charge in [-0.05, 0) is 6.54 Å². The van der Waals surface area contributed by atoms with E-state index in [1.165, 1.54) is 6.20 Å². The summed E-state index contributed by atoms with van der Waals surface area (Å²) in [4.78, 5) is 30.1. The number of rotatable bonds is 7. The molecule has 2 atom stereocenters. The van der Waals surface area contributed by atoms with Gasteiger partial charge in [0.15, 0.2) is 0 Å². The van der Waals surface area contributed by atoms with E-state index in [0.717, 1.165) is 34.3 Å². The Hall–Kier alpha value is -3.71. The molecule has 0 saturated heterocycles. The van der Waals surface area contributed by atoms with Crippen LogP contribution in [0.15, 0.2) is 44.4 Å². The van der Waals surface area contributed by atoms with Crippen LogP contribution in [0.4, 0.5) is 0 Å². The fourth-order valence-electron chi connectivity index (χ4n) is 3.87. The van der Waals surface area contributed by atoms with Crippen molar-refractivity contribution in [2.45, 2.75) is 25.2 Å². The first-order valence-electron chi connectivity index (χ1n) is 10.9. The molecule has 0 aliphatic carbocycles. The topological polar surface area (TPSA) is 152 Å². The van der Waals surface area contributed by atoms with Crippen LogP contribution >= 0.6 is 11.3 Å². The van der Waals surface area contributed by atoms with Crippen molar-refractivity contribution in [2.24, 2.45) is 12.0 Å². The summed E-state index contributed by atoms with van der Waals surface area (Å²) in [5.41, 5.74) is 3.02. The molecular formula is C21H24N10O2S. The molecule has 13 heteroatoms. The number of hydrogen-bond acceptors (Lipinski definition) is 11. The predicted molar refractivity (Wildman–Crippen MR) is 127 cm³/mol. The number of aromatic nitrogens is 7. The molecule has 0 saturated carbocycles. The fraction of sp³-hybridized carbons (Fsp3) is 0.381. The molecule has 3 N–H and O–H groups in total. The third-order valence-electron chi connectivity index (χ3n) is 5.58. The molecule has 0 fully saturated rings. The molecule has 0 radical (unpaired) electrons. The van der Waals surface area contributed by atoms with Crippen LogP contribution in [0.3, 0.4) is 0 Å². The molecule has 0 bridgehead atoms. The lowest BCUT2D eigenvalue weighted by molar-refractivity contribution is 0.507. The average molecular weight is 481 g/mol. The summed E-state index contributed by atoms with van der Waals surface area (Å²) in [5, 5.41) is 20.1. The Bertz CT molecular complexity index is 1350. The number of amidine groups is 1. The summed E-state index contributed by atoms with van der Waals surface area (Å²) in [5.74, 6) is 0.409. The smallest absolute Gasteiger partial charge is 0.386 e. The first kappa shape index (κ1) is 22.1. The second-order valence-electron chi connectivity index (χ2n) is 7.88. The monoisotopic (exact) mass is 480 g/mol. The van der Waals surface area contributed by atoms with Gasteiger partial charge in [0.25, 0.3) is 5.89 Å². The van der Waals surface area contributed by atoms with Crippen molar-refractivity contribution in [2.75, 3.05) is 19.8 Å². The van der Waals surface area contributed by atoms with Crippen LogP contribution in [-0.4, -0.2) is 60.5 Å². The summed E-state index contributed by atoms with van der Waals surface area (Å²) < 4.78 is 6.83. The van der Waals surface area contributed by atoms with Gasteiger partial charge in [-0.15, -0.1) is 16.4 Å². The zero-order valence-electron chi connectivity index (χ0n) is 18.7. The Labute approximate surface area is 198 Å². The van der Waals surface area contributed by atoms with E-state index < -0.39 is 5.76 Å². The summed E-state index contributed by atoms with van der Waals surface area (Å²) >= 11 is 1.62. The number of aliphatic imine (C=N–C) groups is 1. The minimum Gasteiger partial charge on any atom is -0.386 e. The van der Waals surface area contributed by atoms with Crippen LogP contribution in [0, 0.1) is 0 Å². The molecule has 12 nitrogen and oxygen atoms in total. The van der Waals surface area contributed by atoms with Gasteiger partial charge in [0.1, 0.15) is 5.69 Å². The van der Waals surface area contributed by atoms with E-state index in [4.69, 9.17) is 19.4 Å². The SMILES string of the molecule is CCNCNC1=NCC(c2cncc(-c3n[nH]c(=O)o3)n2)C(c2nc(-c3cnn(C)c3)cs2)C1. The molecule has 1 aliphatic rings. The van der Waals surface area contributed by atoms with E-state index in [-0.39, 0.29) is 17.7 Å². The second kappa shape index (κ2) is 9.65. The molecule has 0 aromatic carbocycles. The minimum absolute atomic E-state index is 0.0457. The Morgan fingerprint density at radius 2 is 2.15 bits per heavy atom. The Morgan fingerprint density at radius 1 is 1.24 bits per heavy atom. The van der Waals surface area contributed by atoms with E-state index >= 15 is 0 Å². The minimum atomic E-state index is -0.635. The number of nitrogens with one attached hydrogen (secondary N) is 3. The number of H-pyrrole nitrogens is 1. The normalized spacial score (nSPS) is 18.1. The average Bonchev–Trinajstić information content (AvgIpc) is 3.60. The highest BCUT2D eigenvalue weighted by Gasteiger charge is 2.33. The van der Waals surface area contributed by atoms with Gasteiger partial charge in [0, 0.05) is 48.6 Å². The summed E-state index contributed by atoms with van der Waals surface area (Å²) in [7, 11) is 1.89. The van der Waals surface area contributed by atoms with Crippen molar-refractivity contribution in [1.29, 1.82) is 0 Å². The lowest BCUT2D eigenvalue weighted by Crippen LogP contribution is -2.38. The molecule has 5 heterocycles. The molecule has 5 rings (SSSR count). The van der Waals surface area contributed by atoms with Crippen molar-refractivity contribution in [1.82, 2.24) is 45.6 Å². The van der Waals surface area contributed by atoms with E-state index in [2.05, 4.69) is 43.2 Å². The van der Waals surface area contributed by atoms with Gasteiger partial charge in [0.2, 0.25) is 0 Å². The Balaban J connectivity index is 1.47. The van der Waals surface area contributed by atoms with E-state index in [1.54, 1.807) is 22.2 Å². The number of nitrogens with zero attached hydrogens (tertiary/aromatic N) is 7. The predicted octanol–water partition coefficient (Wildman–Crippen LogP) is 1.50. The van der Waals surface area contributed by atoms with Crippen molar-refractivity contribution in [3.05, 3.63) is 51.4 Å². The number of thiazole rings is 1. The Morgan fingerprint density at radius 3 is 2.91 bits per heavy atom. The van der Waals surface area contributed by atoms with E-state index in [9.17, 15) is 4.79 Å². The molecule has 4 aromatic rings. The molecule has 0 spiro atoms. The van der Waals surface area contributed by atoms with Gasteiger partial charge >= 0.3 is 5.76 Å². The third kappa shape index (κ3) is 4.65. The van der Waals surface area contributed by atoms with Gasteiger partial charge < -0.3 is 15.1 Å². The van der Waals surface area contributed by atoms with Crippen molar-refractivity contribution >= 4 is 17.2 Å². The van der Waals surface area contributed by atoms with E-state index in [0.29, 0.717) is 25.3 Å². The number of hydrogen-bond donors (Lipinski definition) is 3. The zero-order chi connectivity index (χ0) is 23.5. The molecular weight excluding hydrogens is 456 g/mol. The van der Waals surface area contributed by atoms with Crippen LogP contribution in [0.5, 0.6) is 0 Å². The highest BCUT2D eigenvalue weighted by Crippen LogP contribution is 2.40. The van der Waals surface area contributed by atoms with Crippen molar-refractivity contribution < 1.29 is 4.42 Å². The molecule has 2 unspecified atom stereocenters. The molecule has 4 aromatic heterocycles. The molecule has 1 aliphatic heterocycles. The van der Waals surface area contributed by atoms with E-state index in [1.807, 2.05) is 19.4 Å². The van der Waals surface area contributed by atoms with Crippen LogP contribution < -0.4 is 16.4 Å². The van der Waals surface area contributed by atoms with Gasteiger partial charge in [0.05, 0.1) is 47.8 Å². The maximum Gasteiger partial charge on any atom is 0.434 e. The van der Waals surface area contributed by atoms with Gasteiger partial charge in [-0.2, -0.15) is 5.10 Å². The first-order chi connectivity index (χ1) is 16.6. The maximum absolute atomic E-state index is 11.4. The lowest BCUT2D eigenvalue weighted by Gasteiger charge is -2.29. The summed E-state index contributed by atoms with van der Waals surface area (Å²) in [6.45, 7) is 4.12. The zero-order valence-corrected chi connectivity index (χ0v) is 19.5.